The van der Waals surface area contributed by atoms with Gasteiger partial charge in [-0.05, 0) is 101 Å². The molecule has 2 fully saturated rings. The molecule has 3 aliphatic rings. The smallest absolute Gasteiger partial charge is 0.122 e. The number of hydrogen-bond donors (Lipinski definition) is 2. The number of nitrogens with one attached hydrogen (secondary N) is 1. The van der Waals surface area contributed by atoms with E-state index >= 15 is 0 Å². The van der Waals surface area contributed by atoms with Crippen molar-refractivity contribution < 1.29 is 0 Å². The minimum absolute atomic E-state index is 0.155. The molecule has 33 heavy (non-hydrogen) atoms. The Morgan fingerprint density at radius 3 is 2.45 bits per heavy atom. The van der Waals surface area contributed by atoms with Gasteiger partial charge < -0.3 is 5.73 Å². The summed E-state index contributed by atoms with van der Waals surface area (Å²) < 4.78 is 0. The summed E-state index contributed by atoms with van der Waals surface area (Å²) in [5, 5.41) is 10.4. The zero-order chi connectivity index (χ0) is 22.9. The van der Waals surface area contributed by atoms with Gasteiger partial charge in [0.15, 0.2) is 0 Å². The van der Waals surface area contributed by atoms with Crippen LogP contribution in [0.15, 0.2) is 48.5 Å². The lowest BCUT2D eigenvalue weighted by atomic mass is 9.85. The minimum atomic E-state index is 0.155. The quantitative estimate of drug-likeness (QED) is 0.356. The summed E-state index contributed by atoms with van der Waals surface area (Å²) in [7, 11) is 2.28. The molecule has 1 aliphatic heterocycles. The molecule has 3 heteroatoms. The molecule has 0 aromatic heterocycles. The number of nitrogens with two attached hydrogens (primary N) is 1. The largest absolute Gasteiger partial charge is 0.384 e. The third-order valence-electron chi connectivity index (χ3n) is 8.31. The highest BCUT2D eigenvalue weighted by Crippen LogP contribution is 2.57. The molecular weight excluding hydrogens is 402 g/mol. The summed E-state index contributed by atoms with van der Waals surface area (Å²) in [6.07, 6.45) is 4.99. The SMILES string of the molecule is CC(C)C1c2cc(C3CC3c3cc(C4CC4)c4cc(C(=N)N)ccc4c3)ccc2CCN1C. The van der Waals surface area contributed by atoms with E-state index in [0.717, 1.165) is 12.1 Å². The van der Waals surface area contributed by atoms with Crippen LogP contribution in [0.3, 0.4) is 0 Å². The van der Waals surface area contributed by atoms with Crippen LogP contribution < -0.4 is 5.73 Å². The topological polar surface area (TPSA) is 53.1 Å². The number of hydrogen-bond acceptors (Lipinski definition) is 2. The van der Waals surface area contributed by atoms with E-state index < -0.39 is 0 Å². The van der Waals surface area contributed by atoms with Crippen molar-refractivity contribution >= 4 is 16.6 Å². The van der Waals surface area contributed by atoms with Gasteiger partial charge in [0.2, 0.25) is 0 Å². The van der Waals surface area contributed by atoms with Gasteiger partial charge in [0.25, 0.3) is 0 Å². The van der Waals surface area contributed by atoms with E-state index in [0.29, 0.717) is 29.7 Å². The lowest BCUT2D eigenvalue weighted by Gasteiger charge is -2.37. The number of fused-ring (bicyclic) bond motifs is 2. The van der Waals surface area contributed by atoms with E-state index in [9.17, 15) is 0 Å². The van der Waals surface area contributed by atoms with Gasteiger partial charge in [-0.15, -0.1) is 0 Å². The average Bonchev–Trinajstić information content (AvgIpc) is 3.71. The third kappa shape index (κ3) is 3.67. The highest BCUT2D eigenvalue weighted by atomic mass is 15.1. The molecule has 6 rings (SSSR count). The van der Waals surface area contributed by atoms with E-state index in [1.807, 2.05) is 6.07 Å². The number of likely N-dealkylation sites (N-methyl/N-ethyl adjacent to an activating group) is 1. The van der Waals surface area contributed by atoms with Crippen LogP contribution in [-0.4, -0.2) is 24.3 Å². The van der Waals surface area contributed by atoms with Gasteiger partial charge in [0, 0.05) is 18.2 Å². The lowest BCUT2D eigenvalue weighted by molar-refractivity contribution is 0.181. The first-order valence-electron chi connectivity index (χ1n) is 12.7. The van der Waals surface area contributed by atoms with E-state index in [-0.39, 0.29) is 5.84 Å². The molecule has 3 atom stereocenters. The summed E-state index contributed by atoms with van der Waals surface area (Å²) in [6.45, 7) is 5.87. The maximum Gasteiger partial charge on any atom is 0.122 e. The van der Waals surface area contributed by atoms with Crippen molar-refractivity contribution in [2.45, 2.75) is 63.3 Å². The van der Waals surface area contributed by atoms with Crippen molar-refractivity contribution in [3.8, 4) is 0 Å². The fraction of sp³-hybridized carbons (Fsp3) is 0.433. The Bertz CT molecular complexity index is 1250. The van der Waals surface area contributed by atoms with Crippen LogP contribution in [0.25, 0.3) is 10.8 Å². The fourth-order valence-corrected chi connectivity index (χ4v) is 6.34. The molecule has 2 saturated carbocycles. The van der Waals surface area contributed by atoms with Crippen molar-refractivity contribution in [3.05, 3.63) is 81.9 Å². The Hall–Kier alpha value is -2.65. The molecule has 0 spiro atoms. The number of nitrogens with zero attached hydrogens (tertiary/aromatic N) is 1. The normalized spacial score (nSPS) is 24.8. The first-order chi connectivity index (χ1) is 15.9. The molecule has 0 saturated heterocycles. The maximum atomic E-state index is 7.84. The zero-order valence-corrected chi connectivity index (χ0v) is 20.1. The minimum Gasteiger partial charge on any atom is -0.384 e. The average molecular weight is 438 g/mol. The van der Waals surface area contributed by atoms with Gasteiger partial charge in [-0.2, -0.15) is 0 Å². The first kappa shape index (κ1) is 20.9. The molecule has 3 N–H and O–H groups in total. The van der Waals surface area contributed by atoms with Crippen LogP contribution in [0.5, 0.6) is 0 Å². The van der Waals surface area contributed by atoms with Gasteiger partial charge in [-0.25, -0.2) is 0 Å². The summed E-state index contributed by atoms with van der Waals surface area (Å²) in [4.78, 5) is 2.54. The molecule has 0 radical (unpaired) electrons. The fourth-order valence-electron chi connectivity index (χ4n) is 6.34. The zero-order valence-electron chi connectivity index (χ0n) is 20.1. The molecule has 2 aliphatic carbocycles. The maximum absolute atomic E-state index is 7.84. The predicted molar refractivity (Wildman–Crippen MR) is 137 cm³/mol. The van der Waals surface area contributed by atoms with E-state index in [4.69, 9.17) is 11.1 Å². The van der Waals surface area contributed by atoms with Crippen molar-refractivity contribution in [1.29, 1.82) is 5.41 Å². The highest BCUT2D eigenvalue weighted by molar-refractivity contribution is 6.00. The molecular formula is C30H35N3. The molecule has 170 valence electrons. The second kappa shape index (κ2) is 7.70. The lowest BCUT2D eigenvalue weighted by Crippen LogP contribution is -2.35. The van der Waals surface area contributed by atoms with Crippen LogP contribution in [0, 0.1) is 11.3 Å². The van der Waals surface area contributed by atoms with Gasteiger partial charge in [-0.1, -0.05) is 56.3 Å². The summed E-state index contributed by atoms with van der Waals surface area (Å²) in [5.41, 5.74) is 14.2. The second-order valence-corrected chi connectivity index (χ2v) is 11.1. The Labute approximate surface area is 197 Å². The second-order valence-electron chi connectivity index (χ2n) is 11.1. The van der Waals surface area contributed by atoms with Crippen LogP contribution in [0.2, 0.25) is 0 Å². The third-order valence-corrected chi connectivity index (χ3v) is 8.31. The van der Waals surface area contributed by atoms with Crippen molar-refractivity contribution in [2.75, 3.05) is 13.6 Å². The molecule has 0 amide bonds. The van der Waals surface area contributed by atoms with Gasteiger partial charge in [0.05, 0.1) is 0 Å². The Morgan fingerprint density at radius 2 is 1.73 bits per heavy atom. The molecule has 3 aromatic carbocycles. The molecule has 3 aromatic rings. The van der Waals surface area contributed by atoms with Crippen molar-refractivity contribution in [3.63, 3.8) is 0 Å². The Balaban J connectivity index is 1.34. The Morgan fingerprint density at radius 1 is 0.970 bits per heavy atom. The predicted octanol–water partition coefficient (Wildman–Crippen LogP) is 6.46. The van der Waals surface area contributed by atoms with Gasteiger partial charge in [-0.3, -0.25) is 10.3 Å². The molecule has 1 heterocycles. The summed E-state index contributed by atoms with van der Waals surface area (Å²) in [6, 6.07) is 19.1. The number of amidine groups is 1. The van der Waals surface area contributed by atoms with Crippen LogP contribution >= 0.6 is 0 Å². The van der Waals surface area contributed by atoms with Crippen LogP contribution in [0.4, 0.5) is 0 Å². The summed E-state index contributed by atoms with van der Waals surface area (Å²) >= 11 is 0. The van der Waals surface area contributed by atoms with Crippen molar-refractivity contribution in [1.82, 2.24) is 4.90 Å². The Kier molecular flexibility index (Phi) is 4.88. The first-order valence-corrected chi connectivity index (χ1v) is 12.7. The standard InChI is InChI=1S/C30H35N3/c1-17(2)29-28-13-21(7-6-19(28)10-11-33(29)3)26-16-27(26)23-12-20-8-9-22(30(31)32)14-25(20)24(15-23)18-4-5-18/h6-9,12-15,17-18,26-27,29H,4-5,10-11,16H2,1-3H3,(H3,31,32). The van der Waals surface area contributed by atoms with Crippen LogP contribution in [0.1, 0.15) is 90.3 Å². The van der Waals surface area contributed by atoms with Crippen molar-refractivity contribution in [2.24, 2.45) is 11.7 Å². The van der Waals surface area contributed by atoms with E-state index in [1.165, 1.54) is 53.1 Å². The molecule has 0 bridgehead atoms. The number of nitrogen functional groups attached to an aromatic ring is 1. The van der Waals surface area contributed by atoms with Crippen LogP contribution in [-0.2, 0) is 6.42 Å². The molecule has 3 nitrogen and oxygen atoms in total. The monoisotopic (exact) mass is 437 g/mol. The number of benzene rings is 3. The van der Waals surface area contributed by atoms with E-state index in [1.54, 1.807) is 11.1 Å². The van der Waals surface area contributed by atoms with Gasteiger partial charge in [0.1, 0.15) is 5.84 Å². The van der Waals surface area contributed by atoms with Gasteiger partial charge >= 0.3 is 0 Å². The summed E-state index contributed by atoms with van der Waals surface area (Å²) in [5.74, 6) is 2.72. The number of rotatable bonds is 5. The van der Waals surface area contributed by atoms with E-state index in [2.05, 4.69) is 68.3 Å². The molecule has 3 unspecified atom stereocenters. The highest BCUT2D eigenvalue weighted by Gasteiger charge is 2.41.